The molecule has 2 fully saturated rings. The fourth-order valence-corrected chi connectivity index (χ4v) is 3.67. The van der Waals surface area contributed by atoms with Gasteiger partial charge in [-0.15, -0.1) is 0 Å². The molecule has 5 atom stereocenters. The van der Waals surface area contributed by atoms with Gasteiger partial charge in [0.15, 0.2) is 0 Å². The van der Waals surface area contributed by atoms with E-state index in [0.717, 1.165) is 24.9 Å². The van der Waals surface area contributed by atoms with Gasteiger partial charge in [0.1, 0.15) is 0 Å². The topological polar surface area (TPSA) is 73.2 Å². The second-order valence-corrected chi connectivity index (χ2v) is 6.41. The van der Waals surface area contributed by atoms with Gasteiger partial charge in [0.25, 0.3) is 0 Å². The summed E-state index contributed by atoms with van der Waals surface area (Å²) in [5.41, 5.74) is 1.15. The normalized spacial score (nSPS) is 35.5. The number of benzene rings is 1. The zero-order chi connectivity index (χ0) is 15.5. The predicted octanol–water partition coefficient (Wildman–Crippen LogP) is 0.380. The van der Waals surface area contributed by atoms with Crippen LogP contribution in [0.3, 0.4) is 0 Å². The Labute approximate surface area is 131 Å². The highest BCUT2D eigenvalue weighted by Crippen LogP contribution is 2.33. The maximum Gasteiger partial charge on any atom is 0.0991 e. The van der Waals surface area contributed by atoms with Gasteiger partial charge in [-0.25, -0.2) is 0 Å². The van der Waals surface area contributed by atoms with Crippen molar-refractivity contribution < 1.29 is 20.1 Å². The third-order valence-corrected chi connectivity index (χ3v) is 4.95. The van der Waals surface area contributed by atoms with Gasteiger partial charge in [-0.1, -0.05) is 30.3 Å². The number of hydrogen-bond donors (Lipinski definition) is 3. The third-order valence-electron chi connectivity index (χ3n) is 4.95. The highest BCUT2D eigenvalue weighted by Gasteiger charge is 2.48. The van der Waals surface area contributed by atoms with E-state index in [0.29, 0.717) is 19.8 Å². The molecule has 0 unspecified atom stereocenters. The van der Waals surface area contributed by atoms with Gasteiger partial charge in [-0.3, -0.25) is 4.90 Å². The first-order chi connectivity index (χ1) is 10.7. The van der Waals surface area contributed by atoms with Crippen molar-refractivity contribution in [3.05, 3.63) is 35.9 Å². The number of piperidine rings is 1. The number of hydrogen-bond acceptors (Lipinski definition) is 5. The molecule has 2 heterocycles. The van der Waals surface area contributed by atoms with Crippen LogP contribution in [-0.4, -0.2) is 64.3 Å². The van der Waals surface area contributed by atoms with Crippen LogP contribution in [0.1, 0.15) is 18.4 Å². The van der Waals surface area contributed by atoms with Crippen LogP contribution in [0.2, 0.25) is 0 Å². The first-order valence-electron chi connectivity index (χ1n) is 8.06. The number of nitrogens with zero attached hydrogens (tertiary/aromatic N) is 1. The molecule has 5 heteroatoms. The van der Waals surface area contributed by atoms with Crippen LogP contribution in [0.4, 0.5) is 0 Å². The fourth-order valence-electron chi connectivity index (χ4n) is 3.67. The maximum atomic E-state index is 10.5. The summed E-state index contributed by atoms with van der Waals surface area (Å²) in [6.45, 7) is 2.46. The second kappa shape index (κ2) is 7.06. The first-order valence-corrected chi connectivity index (χ1v) is 8.06. The molecule has 22 heavy (non-hydrogen) atoms. The minimum absolute atomic E-state index is 0.122. The average molecular weight is 307 g/mol. The quantitative estimate of drug-likeness (QED) is 0.686. The highest BCUT2D eigenvalue weighted by molar-refractivity contribution is 5.13. The van der Waals surface area contributed by atoms with Crippen molar-refractivity contribution in [3.63, 3.8) is 0 Å². The molecule has 5 nitrogen and oxygen atoms in total. The van der Waals surface area contributed by atoms with Crippen molar-refractivity contribution in [2.75, 3.05) is 19.7 Å². The molecule has 0 saturated carbocycles. The Morgan fingerprint density at radius 1 is 1.09 bits per heavy atom. The largest absolute Gasteiger partial charge is 0.391 e. The standard InChI is InChI=1S/C17H25NO4/c19-14-10-18-8-6-13(16(20)15(18)17(14)21)7-9-22-11-12-4-2-1-3-5-12/h1-5,13-17,19-21H,6-11H2/t13-,14-,15+,16+,17-/m1/s1. The van der Waals surface area contributed by atoms with Gasteiger partial charge in [0.2, 0.25) is 0 Å². The van der Waals surface area contributed by atoms with Crippen LogP contribution in [0.15, 0.2) is 30.3 Å². The van der Waals surface area contributed by atoms with E-state index in [1.54, 1.807) is 0 Å². The van der Waals surface area contributed by atoms with Crippen LogP contribution in [0, 0.1) is 5.92 Å². The number of rotatable bonds is 5. The van der Waals surface area contributed by atoms with E-state index in [4.69, 9.17) is 4.74 Å². The summed E-state index contributed by atoms with van der Waals surface area (Å²) in [5, 5.41) is 30.2. The summed E-state index contributed by atoms with van der Waals surface area (Å²) in [5.74, 6) is 0.122. The van der Waals surface area contributed by atoms with Gasteiger partial charge in [0.05, 0.1) is 31.0 Å². The zero-order valence-corrected chi connectivity index (χ0v) is 12.7. The Bertz CT molecular complexity index is 469. The molecule has 2 aliphatic heterocycles. The molecule has 0 amide bonds. The molecule has 0 radical (unpaired) electrons. The number of aliphatic hydroxyl groups is 3. The monoisotopic (exact) mass is 307 g/mol. The summed E-state index contributed by atoms with van der Waals surface area (Å²) in [6.07, 6.45) is -0.524. The number of aliphatic hydroxyl groups excluding tert-OH is 3. The molecule has 2 saturated heterocycles. The number of ether oxygens (including phenoxy) is 1. The summed E-state index contributed by atoms with van der Waals surface area (Å²) in [4.78, 5) is 2.00. The summed E-state index contributed by atoms with van der Waals surface area (Å²) >= 11 is 0. The van der Waals surface area contributed by atoms with Crippen molar-refractivity contribution in [3.8, 4) is 0 Å². The minimum atomic E-state index is -0.844. The molecule has 0 bridgehead atoms. The van der Waals surface area contributed by atoms with Gasteiger partial charge in [0, 0.05) is 13.2 Å². The molecule has 3 N–H and O–H groups in total. The smallest absolute Gasteiger partial charge is 0.0991 e. The third kappa shape index (κ3) is 3.34. The lowest BCUT2D eigenvalue weighted by Crippen LogP contribution is -2.53. The van der Waals surface area contributed by atoms with E-state index < -0.39 is 18.3 Å². The zero-order valence-electron chi connectivity index (χ0n) is 12.7. The van der Waals surface area contributed by atoms with Crippen LogP contribution < -0.4 is 0 Å². The van der Waals surface area contributed by atoms with Gasteiger partial charge < -0.3 is 20.1 Å². The van der Waals surface area contributed by atoms with Gasteiger partial charge in [-0.05, 0) is 30.9 Å². The van der Waals surface area contributed by atoms with Crippen molar-refractivity contribution in [2.45, 2.75) is 43.8 Å². The highest BCUT2D eigenvalue weighted by atomic mass is 16.5. The van der Waals surface area contributed by atoms with E-state index in [9.17, 15) is 15.3 Å². The predicted molar refractivity (Wildman–Crippen MR) is 82.2 cm³/mol. The fraction of sp³-hybridized carbons (Fsp3) is 0.647. The lowest BCUT2D eigenvalue weighted by Gasteiger charge is -2.40. The average Bonchev–Trinajstić information content (AvgIpc) is 2.82. The molecule has 0 aromatic heterocycles. The Morgan fingerprint density at radius 3 is 2.64 bits per heavy atom. The van der Waals surface area contributed by atoms with Crippen molar-refractivity contribution in [1.29, 1.82) is 0 Å². The summed E-state index contributed by atoms with van der Waals surface area (Å²) in [7, 11) is 0. The molecule has 2 aliphatic rings. The Morgan fingerprint density at radius 2 is 1.86 bits per heavy atom. The molecule has 3 rings (SSSR count). The first kappa shape index (κ1) is 15.9. The molecular formula is C17H25NO4. The van der Waals surface area contributed by atoms with Gasteiger partial charge >= 0.3 is 0 Å². The molecular weight excluding hydrogens is 282 g/mol. The maximum absolute atomic E-state index is 10.5. The molecule has 1 aromatic rings. The Kier molecular flexibility index (Phi) is 5.10. The minimum Gasteiger partial charge on any atom is -0.391 e. The van der Waals surface area contributed by atoms with Crippen LogP contribution >= 0.6 is 0 Å². The SMILES string of the molecule is O[C@H]1[C@@H](CCOCc2ccccc2)CCN2C[C@@H](O)[C@@H](O)[C@H]12. The van der Waals surface area contributed by atoms with Crippen molar-refractivity contribution >= 4 is 0 Å². The molecule has 122 valence electrons. The van der Waals surface area contributed by atoms with Crippen LogP contribution in [0.25, 0.3) is 0 Å². The van der Waals surface area contributed by atoms with E-state index in [-0.39, 0.29) is 12.0 Å². The van der Waals surface area contributed by atoms with E-state index in [1.165, 1.54) is 0 Å². The van der Waals surface area contributed by atoms with E-state index in [2.05, 4.69) is 0 Å². The summed E-state index contributed by atoms with van der Waals surface area (Å²) in [6, 6.07) is 9.70. The van der Waals surface area contributed by atoms with Gasteiger partial charge in [-0.2, -0.15) is 0 Å². The van der Waals surface area contributed by atoms with Crippen molar-refractivity contribution in [1.82, 2.24) is 4.90 Å². The van der Waals surface area contributed by atoms with E-state index in [1.807, 2.05) is 35.2 Å². The molecule has 0 aliphatic carbocycles. The van der Waals surface area contributed by atoms with Crippen LogP contribution in [-0.2, 0) is 11.3 Å². The second-order valence-electron chi connectivity index (χ2n) is 6.41. The Hall–Kier alpha value is -0.980. The van der Waals surface area contributed by atoms with E-state index >= 15 is 0 Å². The number of fused-ring (bicyclic) bond motifs is 1. The molecule has 0 spiro atoms. The lowest BCUT2D eigenvalue weighted by atomic mass is 9.85. The molecule has 1 aromatic carbocycles. The van der Waals surface area contributed by atoms with Crippen LogP contribution in [0.5, 0.6) is 0 Å². The van der Waals surface area contributed by atoms with Crippen molar-refractivity contribution in [2.24, 2.45) is 5.92 Å². The lowest BCUT2D eigenvalue weighted by molar-refractivity contribution is -0.0635. The Balaban J connectivity index is 1.45. The summed E-state index contributed by atoms with van der Waals surface area (Å²) < 4.78 is 5.69.